The number of nitrogens with zero attached hydrogens (tertiary/aromatic N) is 1. The molecule has 1 aliphatic rings. The van der Waals surface area contributed by atoms with Crippen LogP contribution in [0.1, 0.15) is 37.2 Å². The third-order valence-corrected chi connectivity index (χ3v) is 3.14. The van der Waals surface area contributed by atoms with Crippen molar-refractivity contribution in [1.82, 2.24) is 10.3 Å². The molecule has 1 amide bonds. The minimum absolute atomic E-state index is 0.0104. The summed E-state index contributed by atoms with van der Waals surface area (Å²) < 4.78 is 5.43. The van der Waals surface area contributed by atoms with Crippen molar-refractivity contribution in [3.05, 3.63) is 23.9 Å². The van der Waals surface area contributed by atoms with Crippen molar-refractivity contribution in [3.8, 4) is 5.88 Å². The van der Waals surface area contributed by atoms with Gasteiger partial charge in [-0.3, -0.25) is 9.59 Å². The molecule has 1 aromatic heterocycles. The topological polar surface area (TPSA) is 88.5 Å². The molecule has 1 heterocycles. The van der Waals surface area contributed by atoms with Gasteiger partial charge < -0.3 is 15.2 Å². The minimum atomic E-state index is -0.805. The van der Waals surface area contributed by atoms with E-state index in [1.807, 2.05) is 13.8 Å². The molecule has 1 saturated carbocycles. The lowest BCUT2D eigenvalue weighted by atomic mass is 9.80. The molecule has 6 heteroatoms. The van der Waals surface area contributed by atoms with Gasteiger partial charge in [-0.05, 0) is 32.8 Å². The molecule has 1 fully saturated rings. The summed E-state index contributed by atoms with van der Waals surface area (Å²) in [5, 5.41) is 11.6. The Hall–Kier alpha value is -2.11. The van der Waals surface area contributed by atoms with Crippen LogP contribution in [0.25, 0.3) is 0 Å². The van der Waals surface area contributed by atoms with Crippen LogP contribution in [-0.4, -0.2) is 34.1 Å². The smallest absolute Gasteiger partial charge is 0.306 e. The Bertz CT molecular complexity index is 510. The number of hydrogen-bond donors (Lipinski definition) is 2. The molecule has 1 aliphatic carbocycles. The van der Waals surface area contributed by atoms with E-state index in [0.29, 0.717) is 18.7 Å². The van der Waals surface area contributed by atoms with Gasteiger partial charge in [0.05, 0.1) is 12.0 Å². The zero-order valence-electron chi connectivity index (χ0n) is 11.5. The Labute approximate surface area is 117 Å². The Morgan fingerprint density at radius 3 is 2.70 bits per heavy atom. The van der Waals surface area contributed by atoms with Crippen LogP contribution in [0, 0.1) is 5.92 Å². The van der Waals surface area contributed by atoms with Crippen LogP contribution in [0.3, 0.4) is 0 Å². The summed E-state index contributed by atoms with van der Waals surface area (Å²) in [7, 11) is 0. The lowest BCUT2D eigenvalue weighted by Crippen LogP contribution is -2.46. The molecule has 6 nitrogen and oxygen atoms in total. The predicted octanol–water partition coefficient (Wildman–Crippen LogP) is 1.46. The average molecular weight is 278 g/mol. The summed E-state index contributed by atoms with van der Waals surface area (Å²) in [5.74, 6) is -1.04. The van der Waals surface area contributed by atoms with Crippen LogP contribution < -0.4 is 10.1 Å². The Kier molecular flexibility index (Phi) is 4.22. The van der Waals surface area contributed by atoms with Gasteiger partial charge in [0, 0.05) is 12.1 Å². The maximum atomic E-state index is 12.0. The highest BCUT2D eigenvalue weighted by Crippen LogP contribution is 2.27. The van der Waals surface area contributed by atoms with Crippen molar-refractivity contribution in [2.45, 2.75) is 38.8 Å². The summed E-state index contributed by atoms with van der Waals surface area (Å²) in [4.78, 5) is 26.8. The summed E-state index contributed by atoms with van der Waals surface area (Å²) in [6.07, 6.45) is 0.941. The third kappa shape index (κ3) is 3.46. The summed E-state index contributed by atoms with van der Waals surface area (Å²) >= 11 is 0. The van der Waals surface area contributed by atoms with Crippen molar-refractivity contribution in [1.29, 1.82) is 0 Å². The average Bonchev–Trinajstić information content (AvgIpc) is 2.32. The molecule has 0 atom stereocenters. The maximum absolute atomic E-state index is 12.0. The van der Waals surface area contributed by atoms with E-state index in [2.05, 4.69) is 10.3 Å². The molecule has 0 radical (unpaired) electrons. The van der Waals surface area contributed by atoms with Gasteiger partial charge in [-0.25, -0.2) is 4.98 Å². The number of carboxylic acids is 1. The van der Waals surface area contributed by atoms with Crippen LogP contribution in [0.5, 0.6) is 5.88 Å². The van der Waals surface area contributed by atoms with Gasteiger partial charge >= 0.3 is 5.97 Å². The Balaban J connectivity index is 1.91. The normalized spacial score (nSPS) is 21.1. The highest BCUT2D eigenvalue weighted by Gasteiger charge is 2.35. The van der Waals surface area contributed by atoms with Gasteiger partial charge in [0.2, 0.25) is 5.88 Å². The summed E-state index contributed by atoms with van der Waals surface area (Å²) in [6.45, 7) is 3.77. The SMILES string of the molecule is CC(C)Oc1cccc(C(=O)NC2CC(C(=O)O)C2)n1. The first-order valence-electron chi connectivity index (χ1n) is 6.63. The molecule has 0 spiro atoms. The second-order valence-corrected chi connectivity index (χ2v) is 5.20. The van der Waals surface area contributed by atoms with Gasteiger partial charge in [-0.1, -0.05) is 6.07 Å². The molecule has 0 aromatic carbocycles. The molecule has 108 valence electrons. The fourth-order valence-electron chi connectivity index (χ4n) is 2.05. The maximum Gasteiger partial charge on any atom is 0.306 e. The molecule has 20 heavy (non-hydrogen) atoms. The van der Waals surface area contributed by atoms with Crippen molar-refractivity contribution in [2.75, 3.05) is 0 Å². The van der Waals surface area contributed by atoms with Gasteiger partial charge in [-0.15, -0.1) is 0 Å². The number of amides is 1. The first-order valence-corrected chi connectivity index (χ1v) is 6.63. The van der Waals surface area contributed by atoms with Crippen molar-refractivity contribution >= 4 is 11.9 Å². The van der Waals surface area contributed by atoms with Gasteiger partial charge in [0.1, 0.15) is 5.69 Å². The van der Waals surface area contributed by atoms with Crippen LogP contribution in [0.15, 0.2) is 18.2 Å². The van der Waals surface area contributed by atoms with E-state index in [4.69, 9.17) is 9.84 Å². The van der Waals surface area contributed by atoms with E-state index >= 15 is 0 Å². The fourth-order valence-corrected chi connectivity index (χ4v) is 2.05. The number of hydrogen-bond acceptors (Lipinski definition) is 4. The zero-order chi connectivity index (χ0) is 14.7. The fraction of sp³-hybridized carbons (Fsp3) is 0.500. The van der Waals surface area contributed by atoms with Crippen molar-refractivity contribution < 1.29 is 19.4 Å². The molecule has 2 rings (SSSR count). The lowest BCUT2D eigenvalue weighted by Gasteiger charge is -2.32. The van der Waals surface area contributed by atoms with Crippen molar-refractivity contribution in [2.24, 2.45) is 5.92 Å². The van der Waals surface area contributed by atoms with Gasteiger partial charge in [0.15, 0.2) is 0 Å². The monoisotopic (exact) mass is 278 g/mol. The number of aliphatic carboxylic acids is 1. The highest BCUT2D eigenvalue weighted by atomic mass is 16.5. The molecule has 1 aromatic rings. The van der Waals surface area contributed by atoms with Gasteiger partial charge in [-0.2, -0.15) is 0 Å². The molecule has 2 N–H and O–H groups in total. The molecule has 0 bridgehead atoms. The minimum Gasteiger partial charge on any atom is -0.481 e. The number of nitrogens with one attached hydrogen (secondary N) is 1. The highest BCUT2D eigenvalue weighted by molar-refractivity contribution is 5.92. The summed E-state index contributed by atoms with van der Waals surface area (Å²) in [5.41, 5.74) is 0.280. The number of ether oxygens (including phenoxy) is 1. The third-order valence-electron chi connectivity index (χ3n) is 3.14. The number of carbonyl (C=O) groups is 2. The van der Waals surface area contributed by atoms with Crippen LogP contribution >= 0.6 is 0 Å². The zero-order valence-corrected chi connectivity index (χ0v) is 11.5. The second kappa shape index (κ2) is 5.90. The molecule has 0 unspecified atom stereocenters. The molecule has 0 aliphatic heterocycles. The number of pyridine rings is 1. The first kappa shape index (κ1) is 14.3. The van der Waals surface area contributed by atoms with E-state index in [1.54, 1.807) is 18.2 Å². The Morgan fingerprint density at radius 2 is 2.10 bits per heavy atom. The quantitative estimate of drug-likeness (QED) is 0.851. The second-order valence-electron chi connectivity index (χ2n) is 5.20. The van der Waals surface area contributed by atoms with Gasteiger partial charge in [0.25, 0.3) is 5.91 Å². The molecule has 0 saturated heterocycles. The number of rotatable bonds is 5. The number of carbonyl (C=O) groups excluding carboxylic acids is 1. The molecular formula is C14H18N2O4. The Morgan fingerprint density at radius 1 is 1.40 bits per heavy atom. The van der Waals surface area contributed by atoms with E-state index in [0.717, 1.165) is 0 Å². The largest absolute Gasteiger partial charge is 0.481 e. The predicted molar refractivity (Wildman–Crippen MR) is 71.6 cm³/mol. The van der Waals surface area contributed by atoms with Crippen LogP contribution in [0.2, 0.25) is 0 Å². The standard InChI is InChI=1S/C14H18N2O4/c1-8(2)20-12-5-3-4-11(16-12)13(17)15-10-6-9(7-10)14(18)19/h3-5,8-10H,6-7H2,1-2H3,(H,15,17)(H,18,19). The number of carboxylic acid groups (broad SMARTS) is 1. The van der Waals surface area contributed by atoms with Crippen molar-refractivity contribution in [3.63, 3.8) is 0 Å². The van der Waals surface area contributed by atoms with E-state index in [1.165, 1.54) is 0 Å². The van der Waals surface area contributed by atoms with Crippen LogP contribution in [0.4, 0.5) is 0 Å². The molecular weight excluding hydrogens is 260 g/mol. The lowest BCUT2D eigenvalue weighted by molar-refractivity contribution is -0.145. The van der Waals surface area contributed by atoms with E-state index in [9.17, 15) is 9.59 Å². The summed E-state index contributed by atoms with van der Waals surface area (Å²) in [6, 6.07) is 4.93. The number of aromatic nitrogens is 1. The van der Waals surface area contributed by atoms with Crippen LogP contribution in [-0.2, 0) is 4.79 Å². The van der Waals surface area contributed by atoms with E-state index < -0.39 is 5.97 Å². The van der Waals surface area contributed by atoms with E-state index in [-0.39, 0.29) is 29.7 Å². The first-order chi connectivity index (χ1) is 9.45.